The van der Waals surface area contributed by atoms with Gasteiger partial charge in [-0.1, -0.05) is 82.9 Å². The molecule has 182 valence electrons. The van der Waals surface area contributed by atoms with Crippen LogP contribution in [0.1, 0.15) is 18.1 Å². The van der Waals surface area contributed by atoms with Crippen molar-refractivity contribution in [2.24, 2.45) is 5.10 Å². The molecular formula is C26H22ClN5OS3. The molecule has 0 radical (unpaired) electrons. The van der Waals surface area contributed by atoms with Crippen LogP contribution in [0.25, 0.3) is 21.8 Å². The summed E-state index contributed by atoms with van der Waals surface area (Å²) >= 11 is 10.4. The molecule has 0 spiro atoms. The van der Waals surface area contributed by atoms with Crippen LogP contribution in [0.15, 0.2) is 80.5 Å². The van der Waals surface area contributed by atoms with Crippen molar-refractivity contribution in [3.63, 3.8) is 0 Å². The largest absolute Gasteiger partial charge is 0.341 e. The van der Waals surface area contributed by atoms with Gasteiger partial charge in [0.05, 0.1) is 12.0 Å². The van der Waals surface area contributed by atoms with Crippen LogP contribution >= 0.6 is 46.5 Å². The lowest BCUT2D eigenvalue weighted by Gasteiger charge is -2.02. The maximum atomic E-state index is 12.3. The van der Waals surface area contributed by atoms with Crippen LogP contribution < -0.4 is 5.43 Å². The van der Waals surface area contributed by atoms with Crippen molar-refractivity contribution in [2.75, 3.05) is 5.75 Å². The third-order valence-corrected chi connectivity index (χ3v) is 9.02. The van der Waals surface area contributed by atoms with Crippen molar-refractivity contribution < 1.29 is 4.79 Å². The highest BCUT2D eigenvalue weighted by Gasteiger charge is 2.10. The van der Waals surface area contributed by atoms with Crippen molar-refractivity contribution in [1.29, 1.82) is 0 Å². The average molecular weight is 552 g/mol. The van der Waals surface area contributed by atoms with Crippen LogP contribution in [0.4, 0.5) is 0 Å². The number of carbonyl (C=O) groups is 1. The molecule has 5 aromatic rings. The highest BCUT2D eigenvalue weighted by molar-refractivity contribution is 8.03. The molecule has 0 aliphatic rings. The zero-order valence-electron chi connectivity index (χ0n) is 19.3. The number of aryl methyl sites for hydroxylation is 1. The monoisotopic (exact) mass is 551 g/mol. The molecule has 0 atom stereocenters. The molecule has 6 nitrogen and oxygen atoms in total. The van der Waals surface area contributed by atoms with Gasteiger partial charge in [-0.05, 0) is 48.4 Å². The molecule has 2 aromatic heterocycles. The predicted octanol–water partition coefficient (Wildman–Crippen LogP) is 6.85. The van der Waals surface area contributed by atoms with Crippen LogP contribution in [0.5, 0.6) is 0 Å². The Bertz CT molecular complexity index is 1540. The molecule has 0 aliphatic heterocycles. The number of para-hydroxylation sites is 1. The number of aromatic nitrogens is 3. The van der Waals surface area contributed by atoms with Gasteiger partial charge in [0, 0.05) is 39.1 Å². The van der Waals surface area contributed by atoms with E-state index < -0.39 is 0 Å². The first-order valence-electron chi connectivity index (χ1n) is 11.3. The number of benzene rings is 3. The summed E-state index contributed by atoms with van der Waals surface area (Å²) in [6.45, 7) is 3.06. The lowest BCUT2D eigenvalue weighted by Crippen LogP contribution is -2.19. The summed E-state index contributed by atoms with van der Waals surface area (Å²) in [5.74, 6) is 0.818. The Kier molecular flexibility index (Phi) is 7.91. The van der Waals surface area contributed by atoms with Gasteiger partial charge in [-0.15, -0.1) is 10.2 Å². The second-order valence-corrected chi connectivity index (χ2v) is 11.7. The van der Waals surface area contributed by atoms with Gasteiger partial charge in [0.2, 0.25) is 0 Å². The Morgan fingerprint density at radius 3 is 2.58 bits per heavy atom. The molecule has 2 heterocycles. The number of hydrogen-bond donors (Lipinski definition) is 1. The molecule has 10 heteroatoms. The number of carbonyl (C=O) groups excluding carboxylic acids is 1. The first kappa shape index (κ1) is 24.8. The average Bonchev–Trinajstić information content (AvgIpc) is 3.49. The second kappa shape index (κ2) is 11.5. The van der Waals surface area contributed by atoms with E-state index in [0.29, 0.717) is 0 Å². The minimum absolute atomic E-state index is 0.189. The molecule has 3 aromatic carbocycles. The highest BCUT2D eigenvalue weighted by atomic mass is 35.5. The lowest BCUT2D eigenvalue weighted by atomic mass is 10.1. The molecule has 36 heavy (non-hydrogen) atoms. The van der Waals surface area contributed by atoms with E-state index >= 15 is 0 Å². The topological polar surface area (TPSA) is 72.2 Å². The molecule has 0 unspecified atom stereocenters. The third-order valence-electron chi connectivity index (χ3n) is 5.51. The predicted molar refractivity (Wildman–Crippen MR) is 153 cm³/mol. The summed E-state index contributed by atoms with van der Waals surface area (Å²) in [7, 11) is 0. The minimum Gasteiger partial charge on any atom is -0.341 e. The number of hydrogen-bond acceptors (Lipinski definition) is 7. The smallest absolute Gasteiger partial charge is 0.250 e. The van der Waals surface area contributed by atoms with E-state index in [1.165, 1.54) is 50.5 Å². The fourth-order valence-electron chi connectivity index (χ4n) is 3.87. The first-order chi connectivity index (χ1) is 17.6. The number of thioether (sulfide) groups is 2. The molecule has 1 amide bonds. The van der Waals surface area contributed by atoms with Gasteiger partial charge in [-0.2, -0.15) is 5.10 Å². The van der Waals surface area contributed by atoms with Crippen molar-refractivity contribution in [2.45, 2.75) is 27.9 Å². The minimum atomic E-state index is -0.189. The number of halogens is 1. The molecule has 0 saturated carbocycles. The maximum Gasteiger partial charge on any atom is 0.250 e. The quantitative estimate of drug-likeness (QED) is 0.123. The van der Waals surface area contributed by atoms with Crippen molar-refractivity contribution in [3.8, 4) is 0 Å². The van der Waals surface area contributed by atoms with Gasteiger partial charge < -0.3 is 4.57 Å². The summed E-state index contributed by atoms with van der Waals surface area (Å²) in [6.07, 6.45) is 1.68. The summed E-state index contributed by atoms with van der Waals surface area (Å²) in [4.78, 5) is 12.3. The normalized spacial score (nSPS) is 11.6. The van der Waals surface area contributed by atoms with E-state index in [1.807, 2.05) is 30.3 Å². The zero-order valence-corrected chi connectivity index (χ0v) is 22.6. The van der Waals surface area contributed by atoms with Gasteiger partial charge in [0.25, 0.3) is 5.91 Å². The van der Waals surface area contributed by atoms with Gasteiger partial charge in [0.15, 0.2) is 8.68 Å². The maximum absolute atomic E-state index is 12.3. The van der Waals surface area contributed by atoms with E-state index in [0.717, 1.165) is 31.6 Å². The Labute approximate surface area is 226 Å². The summed E-state index contributed by atoms with van der Waals surface area (Å²) in [6, 6.07) is 22.4. The van der Waals surface area contributed by atoms with E-state index in [1.54, 1.807) is 18.0 Å². The summed E-state index contributed by atoms with van der Waals surface area (Å²) < 4.78 is 3.93. The van der Waals surface area contributed by atoms with Crippen LogP contribution in [-0.4, -0.2) is 32.6 Å². The lowest BCUT2D eigenvalue weighted by molar-refractivity contribution is -0.118. The number of fused-ring (bicyclic) bond motifs is 3. The van der Waals surface area contributed by atoms with Crippen molar-refractivity contribution >= 4 is 80.4 Å². The number of nitrogens with one attached hydrogen (secondary N) is 1. The Hall–Kier alpha value is -2.85. The number of nitrogens with zero attached hydrogens (tertiary/aromatic N) is 4. The third kappa shape index (κ3) is 5.75. The van der Waals surface area contributed by atoms with E-state index in [-0.39, 0.29) is 11.7 Å². The molecule has 1 N–H and O–H groups in total. The fraction of sp³-hybridized carbons (Fsp3) is 0.154. The fourth-order valence-corrected chi connectivity index (χ4v) is 6.76. The standard InChI is InChI=1S/C26H22ClN5OS3/c1-2-32-22-6-4-3-5-20(22)21-13-18(9-12-23(21)32)14-28-29-24(33)16-35-26-31-30-25(36-26)34-15-17-7-10-19(27)11-8-17/h3-14H,2,15-16H2,1H3,(H,29,33)/b28-14-. The van der Waals surface area contributed by atoms with E-state index in [9.17, 15) is 4.79 Å². The van der Waals surface area contributed by atoms with Gasteiger partial charge in [0.1, 0.15) is 0 Å². The molecule has 0 bridgehead atoms. The molecule has 0 saturated heterocycles. The van der Waals surface area contributed by atoms with Crippen LogP contribution in [0.2, 0.25) is 5.02 Å². The van der Waals surface area contributed by atoms with E-state index in [2.05, 4.69) is 68.6 Å². The number of amides is 1. The van der Waals surface area contributed by atoms with Gasteiger partial charge in [-0.25, -0.2) is 5.43 Å². The number of hydrazone groups is 1. The first-order valence-corrected chi connectivity index (χ1v) is 14.4. The SMILES string of the molecule is CCn1c2ccccc2c2cc(/C=N\NC(=O)CSc3nnc(SCc4ccc(Cl)cc4)s3)ccc21. The van der Waals surface area contributed by atoms with Gasteiger partial charge >= 0.3 is 0 Å². The number of rotatable bonds is 9. The van der Waals surface area contributed by atoms with Crippen molar-refractivity contribution in [1.82, 2.24) is 20.2 Å². The Morgan fingerprint density at radius 1 is 1.03 bits per heavy atom. The Morgan fingerprint density at radius 2 is 1.78 bits per heavy atom. The second-order valence-electron chi connectivity index (χ2n) is 7.87. The Balaban J connectivity index is 1.14. The van der Waals surface area contributed by atoms with Crippen LogP contribution in [0.3, 0.4) is 0 Å². The van der Waals surface area contributed by atoms with E-state index in [4.69, 9.17) is 11.6 Å². The molecule has 0 aliphatic carbocycles. The molecular weight excluding hydrogens is 530 g/mol. The summed E-state index contributed by atoms with van der Waals surface area (Å²) in [5, 5.41) is 15.6. The van der Waals surface area contributed by atoms with Gasteiger partial charge in [-0.3, -0.25) is 4.79 Å². The highest BCUT2D eigenvalue weighted by Crippen LogP contribution is 2.31. The zero-order chi connectivity index (χ0) is 24.9. The molecule has 5 rings (SSSR count). The molecule has 0 fully saturated rings. The van der Waals surface area contributed by atoms with Crippen molar-refractivity contribution in [3.05, 3.63) is 82.9 Å². The van der Waals surface area contributed by atoms with Crippen LogP contribution in [0, 0.1) is 0 Å². The van der Waals surface area contributed by atoms with Crippen LogP contribution in [-0.2, 0) is 17.1 Å². The summed E-state index contributed by atoms with van der Waals surface area (Å²) in [5.41, 5.74) is 7.12.